The first-order chi connectivity index (χ1) is 11.2. The van der Waals surface area contributed by atoms with Crippen LogP contribution in [0.3, 0.4) is 0 Å². The van der Waals surface area contributed by atoms with Gasteiger partial charge in [-0.2, -0.15) is 4.57 Å². The second-order valence-electron chi connectivity index (χ2n) is 5.94. The number of ether oxygens (including phenoxy) is 1. The first-order valence-electron chi connectivity index (χ1n) is 7.84. The number of para-hydroxylation sites is 3. The predicted molar refractivity (Wildman–Crippen MR) is 88.8 cm³/mol. The summed E-state index contributed by atoms with van der Waals surface area (Å²) in [6, 6.07) is 18.5. The van der Waals surface area contributed by atoms with Crippen molar-refractivity contribution in [3.63, 3.8) is 0 Å². The van der Waals surface area contributed by atoms with Crippen molar-refractivity contribution in [2.24, 2.45) is 0 Å². The average molecular weight is 307 g/mol. The van der Waals surface area contributed by atoms with E-state index in [2.05, 4.69) is 41.5 Å². The van der Waals surface area contributed by atoms with Crippen LogP contribution in [0.4, 0.5) is 11.5 Å². The molecule has 4 nitrogen and oxygen atoms in total. The van der Waals surface area contributed by atoms with E-state index in [0.29, 0.717) is 5.95 Å². The SMILES string of the molecule is Cc1oc2c([n+]1-c1ccccc1)N(C(C)C)c1ccccc1O2. The zero-order valence-corrected chi connectivity index (χ0v) is 13.5. The number of hydrogen-bond acceptors (Lipinski definition) is 3. The Hall–Kier alpha value is -2.75. The lowest BCUT2D eigenvalue weighted by Crippen LogP contribution is -2.42. The third-order valence-electron chi connectivity index (χ3n) is 4.04. The molecule has 4 rings (SSSR count). The molecule has 0 aliphatic carbocycles. The molecule has 1 aliphatic heterocycles. The number of benzene rings is 2. The number of nitrogens with zero attached hydrogens (tertiary/aromatic N) is 2. The Morgan fingerprint density at radius 1 is 0.957 bits per heavy atom. The molecule has 0 bridgehead atoms. The van der Waals surface area contributed by atoms with Crippen molar-refractivity contribution < 1.29 is 13.7 Å². The highest BCUT2D eigenvalue weighted by atomic mass is 16.6. The second-order valence-corrected chi connectivity index (χ2v) is 5.94. The van der Waals surface area contributed by atoms with Crippen LogP contribution in [0, 0.1) is 6.92 Å². The van der Waals surface area contributed by atoms with E-state index in [1.165, 1.54) is 0 Å². The monoisotopic (exact) mass is 307 g/mol. The third-order valence-corrected chi connectivity index (χ3v) is 4.04. The van der Waals surface area contributed by atoms with Crippen LogP contribution in [-0.4, -0.2) is 6.04 Å². The summed E-state index contributed by atoms with van der Waals surface area (Å²) in [6.07, 6.45) is 0. The van der Waals surface area contributed by atoms with Crippen LogP contribution in [0.25, 0.3) is 5.69 Å². The molecule has 0 radical (unpaired) electrons. The van der Waals surface area contributed by atoms with Gasteiger partial charge in [0.15, 0.2) is 11.4 Å². The highest BCUT2D eigenvalue weighted by Gasteiger charge is 2.41. The van der Waals surface area contributed by atoms with Crippen LogP contribution in [0.5, 0.6) is 11.7 Å². The normalized spacial score (nSPS) is 12.8. The quantitative estimate of drug-likeness (QED) is 0.652. The van der Waals surface area contributed by atoms with Crippen LogP contribution in [0.15, 0.2) is 59.0 Å². The number of oxazole rings is 1. The summed E-state index contributed by atoms with van der Waals surface area (Å²) < 4.78 is 14.0. The lowest BCUT2D eigenvalue weighted by molar-refractivity contribution is -0.594. The van der Waals surface area contributed by atoms with E-state index in [4.69, 9.17) is 9.15 Å². The zero-order valence-electron chi connectivity index (χ0n) is 13.5. The number of aromatic nitrogens is 1. The number of rotatable bonds is 2. The molecular weight excluding hydrogens is 288 g/mol. The molecule has 2 heterocycles. The summed E-state index contributed by atoms with van der Waals surface area (Å²) in [5, 5.41) is 0. The fourth-order valence-electron chi connectivity index (χ4n) is 3.10. The van der Waals surface area contributed by atoms with E-state index >= 15 is 0 Å². The van der Waals surface area contributed by atoms with E-state index in [1.54, 1.807) is 0 Å². The minimum Gasteiger partial charge on any atom is -0.415 e. The fraction of sp³-hybridized carbons (Fsp3) is 0.211. The van der Waals surface area contributed by atoms with Gasteiger partial charge in [0.1, 0.15) is 5.69 Å². The molecule has 116 valence electrons. The van der Waals surface area contributed by atoms with Gasteiger partial charge in [0.25, 0.3) is 5.89 Å². The third kappa shape index (κ3) is 2.10. The molecule has 23 heavy (non-hydrogen) atoms. The Balaban J connectivity index is 1.98. The molecule has 1 aliphatic rings. The summed E-state index contributed by atoms with van der Waals surface area (Å²) >= 11 is 0. The maximum atomic E-state index is 6.01. The molecular formula is C19H19N2O2+. The van der Waals surface area contributed by atoms with Crippen molar-refractivity contribution in [1.82, 2.24) is 0 Å². The molecule has 0 atom stereocenters. The maximum Gasteiger partial charge on any atom is 0.388 e. The molecule has 2 aromatic carbocycles. The van der Waals surface area contributed by atoms with Gasteiger partial charge in [0.05, 0.1) is 6.04 Å². The van der Waals surface area contributed by atoms with E-state index in [0.717, 1.165) is 28.8 Å². The van der Waals surface area contributed by atoms with Crippen LogP contribution in [-0.2, 0) is 0 Å². The number of hydrogen-bond donors (Lipinski definition) is 0. The van der Waals surface area contributed by atoms with Crippen molar-refractivity contribution in [3.8, 4) is 17.4 Å². The highest BCUT2D eigenvalue weighted by molar-refractivity contribution is 5.72. The van der Waals surface area contributed by atoms with Gasteiger partial charge in [-0.25, -0.2) is 4.90 Å². The molecule has 4 heteroatoms. The molecule has 0 spiro atoms. The van der Waals surface area contributed by atoms with Crippen LogP contribution in [0.2, 0.25) is 0 Å². The average Bonchev–Trinajstić information content (AvgIpc) is 2.88. The Morgan fingerprint density at radius 3 is 2.39 bits per heavy atom. The molecule has 0 amide bonds. The summed E-state index contributed by atoms with van der Waals surface area (Å²) in [5.74, 6) is 3.09. The largest absolute Gasteiger partial charge is 0.415 e. The molecule has 1 aromatic heterocycles. The maximum absolute atomic E-state index is 6.01. The molecule has 0 unspecified atom stereocenters. The van der Waals surface area contributed by atoms with Gasteiger partial charge in [-0.3, -0.25) is 0 Å². The molecule has 0 saturated heterocycles. The van der Waals surface area contributed by atoms with Gasteiger partial charge in [-0.1, -0.05) is 30.3 Å². The van der Waals surface area contributed by atoms with Crippen molar-refractivity contribution in [2.75, 3.05) is 4.90 Å². The topological polar surface area (TPSA) is 29.5 Å². The Labute approximate surface area is 135 Å². The molecule has 3 aromatic rings. The van der Waals surface area contributed by atoms with Crippen molar-refractivity contribution in [3.05, 3.63) is 60.5 Å². The number of aryl methyl sites for hydroxylation is 1. The van der Waals surface area contributed by atoms with Gasteiger partial charge in [0.2, 0.25) is 0 Å². The number of fused-ring (bicyclic) bond motifs is 2. The first-order valence-corrected chi connectivity index (χ1v) is 7.84. The molecule has 0 saturated carbocycles. The Morgan fingerprint density at radius 2 is 1.65 bits per heavy atom. The number of anilines is 2. The van der Waals surface area contributed by atoms with E-state index in [-0.39, 0.29) is 6.04 Å². The summed E-state index contributed by atoms with van der Waals surface area (Å²) in [4.78, 5) is 2.26. The smallest absolute Gasteiger partial charge is 0.388 e. The van der Waals surface area contributed by atoms with Gasteiger partial charge in [-0.15, -0.1) is 0 Å². The van der Waals surface area contributed by atoms with E-state index in [1.807, 2.05) is 43.3 Å². The van der Waals surface area contributed by atoms with Crippen molar-refractivity contribution >= 4 is 11.5 Å². The minimum absolute atomic E-state index is 0.269. The van der Waals surface area contributed by atoms with Gasteiger partial charge >= 0.3 is 11.8 Å². The molecule has 0 fully saturated rings. The highest BCUT2D eigenvalue weighted by Crippen LogP contribution is 2.47. The fourth-order valence-corrected chi connectivity index (χ4v) is 3.10. The Kier molecular flexibility index (Phi) is 3.11. The van der Waals surface area contributed by atoms with Gasteiger partial charge in [0, 0.05) is 6.92 Å². The van der Waals surface area contributed by atoms with Crippen molar-refractivity contribution in [1.29, 1.82) is 0 Å². The lowest BCUT2D eigenvalue weighted by atomic mass is 10.2. The van der Waals surface area contributed by atoms with Crippen LogP contribution in [0.1, 0.15) is 19.7 Å². The Bertz CT molecular complexity index is 853. The standard InChI is InChI=1S/C19H19N2O2/c1-13(2)20-16-11-7-8-12-17(16)23-19-18(20)21(14(3)22-19)15-9-5-4-6-10-15/h4-13H,1-3H3/q+1. The summed E-state index contributed by atoms with van der Waals surface area (Å²) in [7, 11) is 0. The summed E-state index contributed by atoms with van der Waals surface area (Å²) in [5.41, 5.74) is 2.11. The van der Waals surface area contributed by atoms with Gasteiger partial charge in [-0.05, 0) is 38.1 Å². The van der Waals surface area contributed by atoms with Crippen LogP contribution >= 0.6 is 0 Å². The predicted octanol–water partition coefficient (Wildman–Crippen LogP) is 4.52. The first kappa shape index (κ1) is 13.9. The summed E-state index contributed by atoms with van der Waals surface area (Å²) in [6.45, 7) is 6.30. The molecule has 0 N–H and O–H groups in total. The van der Waals surface area contributed by atoms with E-state index < -0.39 is 0 Å². The van der Waals surface area contributed by atoms with Crippen molar-refractivity contribution in [2.45, 2.75) is 26.8 Å². The lowest BCUT2D eigenvalue weighted by Gasteiger charge is -2.25. The minimum atomic E-state index is 0.269. The van der Waals surface area contributed by atoms with E-state index in [9.17, 15) is 0 Å². The zero-order chi connectivity index (χ0) is 16.0. The van der Waals surface area contributed by atoms with Gasteiger partial charge < -0.3 is 9.15 Å². The second kappa shape index (κ2) is 5.16. The van der Waals surface area contributed by atoms with Crippen LogP contribution < -0.4 is 14.2 Å².